The first kappa shape index (κ1) is 8.04. The summed E-state index contributed by atoms with van der Waals surface area (Å²) in [6.45, 7) is -0.697. The van der Waals surface area contributed by atoms with Gasteiger partial charge < -0.3 is 9.15 Å². The van der Waals surface area contributed by atoms with Crippen LogP contribution in [0.25, 0.3) is 11.1 Å². The lowest BCUT2D eigenvalue weighted by Gasteiger charge is -1.96. The van der Waals surface area contributed by atoms with E-state index in [0.717, 1.165) is 0 Å². The van der Waals surface area contributed by atoms with E-state index in [4.69, 9.17) is 9.15 Å². The molecule has 13 heavy (non-hydrogen) atoms. The number of rotatable bonds is 2. The third-order valence-corrected chi connectivity index (χ3v) is 1.76. The Hall–Kier alpha value is -1.58. The standard InChI is InChI=1S/C9H8FNO2/c1-12-6-3-2-4-7-9(6)11-8(5-10)13-7/h2-4H,5H2,1H3. The lowest BCUT2D eigenvalue weighted by molar-refractivity contribution is 0.393. The van der Waals surface area contributed by atoms with E-state index in [1.54, 1.807) is 25.3 Å². The summed E-state index contributed by atoms with van der Waals surface area (Å²) in [7, 11) is 1.54. The molecule has 68 valence electrons. The molecule has 2 aromatic rings. The largest absolute Gasteiger partial charge is 0.494 e. The van der Waals surface area contributed by atoms with Crippen LogP contribution in [-0.2, 0) is 6.67 Å². The molecule has 0 N–H and O–H groups in total. The second-order valence-corrected chi connectivity index (χ2v) is 2.55. The van der Waals surface area contributed by atoms with Gasteiger partial charge in [-0.25, -0.2) is 9.37 Å². The Morgan fingerprint density at radius 3 is 3.08 bits per heavy atom. The molecule has 0 aliphatic heterocycles. The lowest BCUT2D eigenvalue weighted by atomic mass is 10.3. The van der Waals surface area contributed by atoms with Crippen molar-refractivity contribution in [1.29, 1.82) is 0 Å². The second kappa shape index (κ2) is 3.05. The maximum absolute atomic E-state index is 12.2. The van der Waals surface area contributed by atoms with Crippen LogP contribution in [-0.4, -0.2) is 12.1 Å². The average molecular weight is 181 g/mol. The monoisotopic (exact) mass is 181 g/mol. The van der Waals surface area contributed by atoms with Crippen LogP contribution in [0.15, 0.2) is 22.6 Å². The Labute approximate surface area is 74.1 Å². The molecule has 0 aliphatic rings. The van der Waals surface area contributed by atoms with Crippen LogP contribution < -0.4 is 4.74 Å². The molecule has 0 amide bonds. The Morgan fingerprint density at radius 2 is 2.38 bits per heavy atom. The summed E-state index contributed by atoms with van der Waals surface area (Å²) in [5.74, 6) is 0.681. The number of alkyl halides is 1. The molecule has 0 radical (unpaired) electrons. The van der Waals surface area contributed by atoms with Crippen molar-refractivity contribution in [3.63, 3.8) is 0 Å². The third kappa shape index (κ3) is 1.24. The molecular weight excluding hydrogens is 173 g/mol. The van der Waals surface area contributed by atoms with E-state index in [1.807, 2.05) is 0 Å². The normalized spacial score (nSPS) is 10.6. The van der Waals surface area contributed by atoms with Gasteiger partial charge in [0.05, 0.1) is 7.11 Å². The minimum absolute atomic E-state index is 0.0829. The molecule has 0 bridgehead atoms. The van der Waals surface area contributed by atoms with Crippen LogP contribution in [0.4, 0.5) is 4.39 Å². The van der Waals surface area contributed by atoms with Crippen LogP contribution in [0.5, 0.6) is 5.75 Å². The highest BCUT2D eigenvalue weighted by Crippen LogP contribution is 2.25. The van der Waals surface area contributed by atoms with E-state index in [9.17, 15) is 4.39 Å². The van der Waals surface area contributed by atoms with Gasteiger partial charge in [-0.15, -0.1) is 0 Å². The zero-order valence-corrected chi connectivity index (χ0v) is 7.08. The number of ether oxygens (including phenoxy) is 1. The fraction of sp³-hybridized carbons (Fsp3) is 0.222. The number of halogens is 1. The molecule has 0 saturated heterocycles. The molecule has 0 aliphatic carbocycles. The first-order valence-electron chi connectivity index (χ1n) is 3.83. The SMILES string of the molecule is COc1cccc2oc(CF)nc12. The molecule has 1 heterocycles. The van der Waals surface area contributed by atoms with Crippen molar-refractivity contribution in [3.8, 4) is 5.75 Å². The predicted octanol–water partition coefficient (Wildman–Crippen LogP) is 2.31. The van der Waals surface area contributed by atoms with Crippen LogP contribution in [0, 0.1) is 0 Å². The molecule has 0 saturated carbocycles. The van der Waals surface area contributed by atoms with E-state index in [-0.39, 0.29) is 5.89 Å². The van der Waals surface area contributed by atoms with Gasteiger partial charge in [0.2, 0.25) is 5.89 Å². The fourth-order valence-corrected chi connectivity index (χ4v) is 1.19. The van der Waals surface area contributed by atoms with E-state index in [2.05, 4.69) is 4.98 Å². The Morgan fingerprint density at radius 1 is 1.54 bits per heavy atom. The van der Waals surface area contributed by atoms with Gasteiger partial charge in [-0.05, 0) is 12.1 Å². The van der Waals surface area contributed by atoms with E-state index < -0.39 is 6.67 Å². The van der Waals surface area contributed by atoms with Gasteiger partial charge >= 0.3 is 0 Å². The first-order chi connectivity index (χ1) is 6.35. The highest BCUT2D eigenvalue weighted by atomic mass is 19.1. The quantitative estimate of drug-likeness (QED) is 0.713. The maximum Gasteiger partial charge on any atom is 0.227 e. The first-order valence-corrected chi connectivity index (χ1v) is 3.83. The summed E-state index contributed by atoms with van der Waals surface area (Å²) in [4.78, 5) is 3.94. The molecule has 4 heteroatoms. The van der Waals surface area contributed by atoms with E-state index in [1.165, 1.54) is 0 Å². The molecule has 0 fully saturated rings. The number of aromatic nitrogens is 1. The smallest absolute Gasteiger partial charge is 0.227 e. The Bertz CT molecular complexity index is 424. The summed E-state index contributed by atoms with van der Waals surface area (Å²) in [5.41, 5.74) is 1.12. The summed E-state index contributed by atoms with van der Waals surface area (Å²) >= 11 is 0. The van der Waals surface area contributed by atoms with Gasteiger partial charge in [-0.1, -0.05) is 6.07 Å². The number of nitrogens with zero attached hydrogens (tertiary/aromatic N) is 1. The van der Waals surface area contributed by atoms with Gasteiger partial charge in [0.25, 0.3) is 0 Å². The van der Waals surface area contributed by atoms with Crippen molar-refractivity contribution in [3.05, 3.63) is 24.1 Å². The van der Waals surface area contributed by atoms with Crippen molar-refractivity contribution >= 4 is 11.1 Å². The second-order valence-electron chi connectivity index (χ2n) is 2.55. The number of hydrogen-bond acceptors (Lipinski definition) is 3. The van der Waals surface area contributed by atoms with E-state index in [0.29, 0.717) is 16.8 Å². The summed E-state index contributed by atoms with van der Waals surface area (Å²) < 4.78 is 22.3. The van der Waals surface area contributed by atoms with E-state index >= 15 is 0 Å². The number of para-hydroxylation sites is 1. The zero-order valence-electron chi connectivity index (χ0n) is 7.08. The van der Waals surface area contributed by atoms with Crippen molar-refractivity contribution in [2.24, 2.45) is 0 Å². The molecule has 3 nitrogen and oxygen atoms in total. The van der Waals surface area contributed by atoms with Gasteiger partial charge in [0.1, 0.15) is 5.75 Å². The predicted molar refractivity (Wildman–Crippen MR) is 45.4 cm³/mol. The van der Waals surface area contributed by atoms with Gasteiger partial charge in [-0.3, -0.25) is 0 Å². The van der Waals surface area contributed by atoms with Crippen molar-refractivity contribution < 1.29 is 13.5 Å². The van der Waals surface area contributed by atoms with Crippen molar-refractivity contribution in [1.82, 2.24) is 4.98 Å². The molecule has 1 aromatic heterocycles. The van der Waals surface area contributed by atoms with Crippen LogP contribution in [0.2, 0.25) is 0 Å². The van der Waals surface area contributed by atoms with Crippen molar-refractivity contribution in [2.45, 2.75) is 6.67 Å². The molecular formula is C9H8FNO2. The van der Waals surface area contributed by atoms with Crippen molar-refractivity contribution in [2.75, 3.05) is 7.11 Å². The Balaban J connectivity index is 2.67. The summed E-state index contributed by atoms with van der Waals surface area (Å²) in [5, 5.41) is 0. The highest BCUT2D eigenvalue weighted by Gasteiger charge is 2.08. The molecule has 0 unspecified atom stereocenters. The number of hydrogen-bond donors (Lipinski definition) is 0. The average Bonchev–Trinajstić information content (AvgIpc) is 2.59. The highest BCUT2D eigenvalue weighted by molar-refractivity contribution is 5.79. The topological polar surface area (TPSA) is 35.3 Å². The summed E-state index contributed by atoms with van der Waals surface area (Å²) in [6.07, 6.45) is 0. The van der Waals surface area contributed by atoms with Crippen LogP contribution in [0.1, 0.15) is 5.89 Å². The molecule has 0 spiro atoms. The van der Waals surface area contributed by atoms with Gasteiger partial charge in [0, 0.05) is 0 Å². The lowest BCUT2D eigenvalue weighted by Crippen LogP contribution is -1.83. The molecule has 0 atom stereocenters. The number of fused-ring (bicyclic) bond motifs is 1. The number of methoxy groups -OCH3 is 1. The van der Waals surface area contributed by atoms with Crippen LogP contribution in [0.3, 0.4) is 0 Å². The Kier molecular flexibility index (Phi) is 1.88. The molecule has 2 rings (SSSR count). The number of oxazole rings is 1. The van der Waals surface area contributed by atoms with Gasteiger partial charge in [0.15, 0.2) is 17.8 Å². The minimum atomic E-state index is -0.697. The number of benzene rings is 1. The van der Waals surface area contributed by atoms with Crippen LogP contribution >= 0.6 is 0 Å². The fourth-order valence-electron chi connectivity index (χ4n) is 1.19. The molecule has 1 aromatic carbocycles. The maximum atomic E-state index is 12.2. The minimum Gasteiger partial charge on any atom is -0.494 e. The summed E-state index contributed by atoms with van der Waals surface area (Å²) in [6, 6.07) is 5.26. The van der Waals surface area contributed by atoms with Gasteiger partial charge in [-0.2, -0.15) is 0 Å². The third-order valence-electron chi connectivity index (χ3n) is 1.76. The zero-order chi connectivity index (χ0) is 9.26.